The summed E-state index contributed by atoms with van der Waals surface area (Å²) in [5.41, 5.74) is 0.622. The Bertz CT molecular complexity index is 816. The Morgan fingerprint density at radius 1 is 1.23 bits per heavy atom. The molecule has 2 aromatic rings. The third kappa shape index (κ3) is 4.02. The molecular formula is C16H20N6O3S. The Hall–Kier alpha value is -2.46. The molecule has 0 radical (unpaired) electrons. The standard InChI is InChI=1S/C16H20N6O3S/c1-19-6-8-21(9-7-19)14(23)11-26-16-18-17-15(20(16)2)12-4-3-5-13(10-12)22(24)25/h3-5,10H,6-9,11H2,1-2H3. The van der Waals surface area contributed by atoms with Gasteiger partial charge in [0.05, 0.1) is 10.7 Å². The Morgan fingerprint density at radius 2 is 1.96 bits per heavy atom. The number of likely N-dealkylation sites (N-methyl/N-ethyl adjacent to an activating group) is 1. The molecule has 0 bridgehead atoms. The van der Waals surface area contributed by atoms with Crippen molar-refractivity contribution < 1.29 is 9.72 Å². The lowest BCUT2D eigenvalue weighted by Crippen LogP contribution is -2.47. The first-order valence-corrected chi connectivity index (χ1v) is 9.17. The molecule has 1 aromatic carbocycles. The molecule has 1 aliphatic rings. The summed E-state index contributed by atoms with van der Waals surface area (Å²) in [6.07, 6.45) is 0. The summed E-state index contributed by atoms with van der Waals surface area (Å²) in [4.78, 5) is 26.9. The Kier molecular flexibility index (Phi) is 5.52. The molecule has 1 aromatic heterocycles. The third-order valence-corrected chi connectivity index (χ3v) is 5.34. The summed E-state index contributed by atoms with van der Waals surface area (Å²) in [7, 11) is 3.84. The van der Waals surface area contributed by atoms with Crippen LogP contribution < -0.4 is 0 Å². The number of rotatable bonds is 5. The minimum Gasteiger partial charge on any atom is -0.339 e. The summed E-state index contributed by atoms with van der Waals surface area (Å²) in [5.74, 6) is 0.913. The number of amides is 1. The number of nitro groups is 1. The lowest BCUT2D eigenvalue weighted by Gasteiger charge is -2.32. The molecule has 1 saturated heterocycles. The fraction of sp³-hybridized carbons (Fsp3) is 0.438. The highest BCUT2D eigenvalue weighted by atomic mass is 32.2. The zero-order chi connectivity index (χ0) is 18.7. The van der Waals surface area contributed by atoms with Gasteiger partial charge in [0.2, 0.25) is 5.91 Å². The first kappa shape index (κ1) is 18.3. The van der Waals surface area contributed by atoms with E-state index >= 15 is 0 Å². The maximum Gasteiger partial charge on any atom is 0.270 e. The molecule has 0 saturated carbocycles. The predicted octanol–water partition coefficient (Wildman–Crippen LogP) is 1.26. The van der Waals surface area contributed by atoms with Crippen molar-refractivity contribution >= 4 is 23.4 Å². The van der Waals surface area contributed by atoms with Crippen molar-refractivity contribution in [3.63, 3.8) is 0 Å². The van der Waals surface area contributed by atoms with Gasteiger partial charge in [-0.05, 0) is 7.05 Å². The van der Waals surface area contributed by atoms with Gasteiger partial charge in [-0.3, -0.25) is 14.9 Å². The topological polar surface area (TPSA) is 97.4 Å². The largest absolute Gasteiger partial charge is 0.339 e. The molecule has 10 heteroatoms. The second-order valence-corrected chi connectivity index (χ2v) is 7.09. The van der Waals surface area contributed by atoms with E-state index in [1.165, 1.54) is 23.9 Å². The van der Waals surface area contributed by atoms with Crippen LogP contribution in [-0.4, -0.2) is 74.4 Å². The van der Waals surface area contributed by atoms with Gasteiger partial charge >= 0.3 is 0 Å². The molecule has 0 spiro atoms. The SMILES string of the molecule is CN1CCN(C(=O)CSc2nnc(-c3cccc([N+](=O)[O-])c3)n2C)CC1. The number of piperazine rings is 1. The van der Waals surface area contributed by atoms with Crippen LogP contribution in [0.25, 0.3) is 11.4 Å². The molecule has 0 unspecified atom stereocenters. The second-order valence-electron chi connectivity index (χ2n) is 6.15. The van der Waals surface area contributed by atoms with E-state index in [-0.39, 0.29) is 11.6 Å². The number of aromatic nitrogens is 3. The van der Waals surface area contributed by atoms with Crippen molar-refractivity contribution in [1.29, 1.82) is 0 Å². The quantitative estimate of drug-likeness (QED) is 0.440. The molecule has 1 amide bonds. The summed E-state index contributed by atoms with van der Waals surface area (Å²) >= 11 is 1.33. The lowest BCUT2D eigenvalue weighted by molar-refractivity contribution is -0.384. The number of nitro benzene ring substituents is 1. The van der Waals surface area contributed by atoms with Crippen LogP contribution in [0.1, 0.15) is 0 Å². The number of hydrogen-bond acceptors (Lipinski definition) is 7. The maximum atomic E-state index is 12.3. The van der Waals surface area contributed by atoms with Crippen LogP contribution in [0.15, 0.2) is 29.4 Å². The number of carbonyl (C=O) groups excluding carboxylic acids is 1. The van der Waals surface area contributed by atoms with Crippen LogP contribution in [0, 0.1) is 10.1 Å². The summed E-state index contributed by atoms with van der Waals surface area (Å²) in [5, 5.41) is 19.8. The molecule has 1 aliphatic heterocycles. The van der Waals surface area contributed by atoms with E-state index < -0.39 is 4.92 Å². The monoisotopic (exact) mass is 376 g/mol. The molecule has 2 heterocycles. The van der Waals surface area contributed by atoms with Crippen molar-refractivity contribution in [3.05, 3.63) is 34.4 Å². The molecular weight excluding hydrogens is 356 g/mol. The van der Waals surface area contributed by atoms with E-state index in [4.69, 9.17) is 0 Å². The number of hydrogen-bond donors (Lipinski definition) is 0. The fourth-order valence-electron chi connectivity index (χ4n) is 2.72. The van der Waals surface area contributed by atoms with Crippen LogP contribution in [0.3, 0.4) is 0 Å². The van der Waals surface area contributed by atoms with Gasteiger partial charge in [0.15, 0.2) is 11.0 Å². The van der Waals surface area contributed by atoms with E-state index in [0.717, 1.165) is 26.2 Å². The Morgan fingerprint density at radius 3 is 2.65 bits per heavy atom. The predicted molar refractivity (Wildman–Crippen MR) is 97.9 cm³/mol. The van der Waals surface area contributed by atoms with Gasteiger partial charge in [0, 0.05) is 50.9 Å². The van der Waals surface area contributed by atoms with Gasteiger partial charge in [0.1, 0.15) is 0 Å². The lowest BCUT2D eigenvalue weighted by atomic mass is 10.2. The normalized spacial score (nSPS) is 15.2. The molecule has 0 N–H and O–H groups in total. The Balaban J connectivity index is 1.67. The van der Waals surface area contributed by atoms with E-state index in [1.807, 2.05) is 11.9 Å². The van der Waals surface area contributed by atoms with Crippen LogP contribution in [0.2, 0.25) is 0 Å². The highest BCUT2D eigenvalue weighted by Crippen LogP contribution is 2.25. The summed E-state index contributed by atoms with van der Waals surface area (Å²) < 4.78 is 1.75. The van der Waals surface area contributed by atoms with Gasteiger partial charge < -0.3 is 14.4 Å². The molecule has 9 nitrogen and oxygen atoms in total. The van der Waals surface area contributed by atoms with Gasteiger partial charge in [-0.25, -0.2) is 0 Å². The number of benzene rings is 1. The van der Waals surface area contributed by atoms with Gasteiger partial charge in [-0.15, -0.1) is 10.2 Å². The smallest absolute Gasteiger partial charge is 0.270 e. The molecule has 138 valence electrons. The third-order valence-electron chi connectivity index (χ3n) is 4.33. The Labute approximate surface area is 155 Å². The van der Waals surface area contributed by atoms with Crippen LogP contribution >= 0.6 is 11.8 Å². The first-order valence-electron chi connectivity index (χ1n) is 8.19. The van der Waals surface area contributed by atoms with Crippen LogP contribution in [-0.2, 0) is 11.8 Å². The average molecular weight is 376 g/mol. The number of carbonyl (C=O) groups is 1. The summed E-state index contributed by atoms with van der Waals surface area (Å²) in [6, 6.07) is 6.27. The maximum absolute atomic E-state index is 12.3. The van der Waals surface area contributed by atoms with E-state index in [1.54, 1.807) is 23.7 Å². The number of thioether (sulfide) groups is 1. The molecule has 0 atom stereocenters. The van der Waals surface area contributed by atoms with Crippen molar-refractivity contribution in [2.24, 2.45) is 7.05 Å². The van der Waals surface area contributed by atoms with Gasteiger partial charge in [-0.1, -0.05) is 23.9 Å². The average Bonchev–Trinajstić information content (AvgIpc) is 3.01. The molecule has 1 fully saturated rings. The van der Waals surface area contributed by atoms with Crippen LogP contribution in [0.4, 0.5) is 5.69 Å². The minimum absolute atomic E-state index is 0.00458. The highest BCUT2D eigenvalue weighted by molar-refractivity contribution is 7.99. The zero-order valence-electron chi connectivity index (χ0n) is 14.7. The van der Waals surface area contributed by atoms with E-state index in [2.05, 4.69) is 15.1 Å². The summed E-state index contributed by atoms with van der Waals surface area (Å²) in [6.45, 7) is 3.26. The molecule has 26 heavy (non-hydrogen) atoms. The van der Waals surface area contributed by atoms with Crippen molar-refractivity contribution in [2.75, 3.05) is 39.0 Å². The first-order chi connectivity index (χ1) is 12.5. The number of nitrogens with zero attached hydrogens (tertiary/aromatic N) is 6. The minimum atomic E-state index is -0.440. The van der Waals surface area contributed by atoms with Gasteiger partial charge in [0.25, 0.3) is 5.69 Å². The molecule has 3 rings (SSSR count). The number of non-ortho nitro benzene ring substituents is 1. The van der Waals surface area contributed by atoms with Crippen molar-refractivity contribution in [1.82, 2.24) is 24.6 Å². The van der Waals surface area contributed by atoms with E-state index in [0.29, 0.717) is 22.3 Å². The second kappa shape index (κ2) is 7.83. The van der Waals surface area contributed by atoms with Crippen molar-refractivity contribution in [2.45, 2.75) is 5.16 Å². The highest BCUT2D eigenvalue weighted by Gasteiger charge is 2.20. The zero-order valence-corrected chi connectivity index (χ0v) is 15.5. The van der Waals surface area contributed by atoms with Crippen LogP contribution in [0.5, 0.6) is 0 Å². The fourth-order valence-corrected chi connectivity index (χ4v) is 3.54. The molecule has 0 aliphatic carbocycles. The van der Waals surface area contributed by atoms with Gasteiger partial charge in [-0.2, -0.15) is 0 Å². The van der Waals surface area contributed by atoms with Crippen molar-refractivity contribution in [3.8, 4) is 11.4 Å². The van der Waals surface area contributed by atoms with E-state index in [9.17, 15) is 14.9 Å².